The number of aromatic nitrogens is 2. The first-order valence-electron chi connectivity index (χ1n) is 5.13. The Morgan fingerprint density at radius 3 is 2.65 bits per heavy atom. The first kappa shape index (κ1) is 12.3. The van der Waals surface area contributed by atoms with Gasteiger partial charge in [0.15, 0.2) is 5.54 Å². The summed E-state index contributed by atoms with van der Waals surface area (Å²) in [6.07, 6.45) is -3.54. The van der Waals surface area contributed by atoms with Gasteiger partial charge in [0.2, 0.25) is 5.82 Å². The minimum atomic E-state index is -4.65. The number of hydrogen-bond acceptors (Lipinski definition) is 5. The molecule has 8 heteroatoms. The predicted molar refractivity (Wildman–Crippen MR) is 49.8 cm³/mol. The van der Waals surface area contributed by atoms with Crippen molar-refractivity contribution in [2.24, 2.45) is 5.73 Å². The lowest BCUT2D eigenvalue weighted by Crippen LogP contribution is -2.48. The highest BCUT2D eigenvalue weighted by Crippen LogP contribution is 2.36. The molecule has 96 valence electrons. The first-order chi connectivity index (χ1) is 7.82. The van der Waals surface area contributed by atoms with Gasteiger partial charge in [0.25, 0.3) is 5.89 Å². The summed E-state index contributed by atoms with van der Waals surface area (Å²) in [6, 6.07) is 0. The zero-order valence-electron chi connectivity index (χ0n) is 9.12. The van der Waals surface area contributed by atoms with Crippen LogP contribution in [0, 0.1) is 0 Å². The largest absolute Gasteiger partial charge is 0.415 e. The zero-order chi connectivity index (χ0) is 12.7. The van der Waals surface area contributed by atoms with E-state index in [0.717, 1.165) is 13.3 Å². The van der Waals surface area contributed by atoms with Crippen LogP contribution in [0.1, 0.15) is 37.6 Å². The second kappa shape index (κ2) is 3.95. The minimum Gasteiger partial charge on any atom is -0.370 e. The summed E-state index contributed by atoms with van der Waals surface area (Å²) in [7, 11) is 0. The Bertz CT molecular complexity index is 396. The van der Waals surface area contributed by atoms with Crippen molar-refractivity contribution in [1.82, 2.24) is 10.1 Å². The number of nitrogens with zero attached hydrogens (tertiary/aromatic N) is 2. The third kappa shape index (κ3) is 2.14. The lowest BCUT2D eigenvalue weighted by atomic mass is 10.0. The monoisotopic (exact) mass is 251 g/mol. The smallest absolute Gasteiger partial charge is 0.370 e. The number of hydrogen-bond donors (Lipinski definition) is 1. The second-order valence-electron chi connectivity index (χ2n) is 4.16. The fraction of sp³-hybridized carbons (Fsp3) is 0.778. The van der Waals surface area contributed by atoms with Crippen LogP contribution in [0.25, 0.3) is 0 Å². The number of ether oxygens (including phenoxy) is 1. The molecular formula is C9H12F3N3O2. The fourth-order valence-corrected chi connectivity index (χ4v) is 1.48. The minimum absolute atomic E-state index is 0.124. The fourth-order valence-electron chi connectivity index (χ4n) is 1.48. The van der Waals surface area contributed by atoms with E-state index in [1.165, 1.54) is 0 Å². The van der Waals surface area contributed by atoms with Crippen LogP contribution in [0.4, 0.5) is 13.2 Å². The Kier molecular flexibility index (Phi) is 2.86. The van der Waals surface area contributed by atoms with E-state index >= 15 is 0 Å². The molecule has 2 heterocycles. The summed E-state index contributed by atoms with van der Waals surface area (Å²) in [4.78, 5) is 3.68. The van der Waals surface area contributed by atoms with E-state index in [9.17, 15) is 13.2 Å². The van der Waals surface area contributed by atoms with E-state index in [1.54, 1.807) is 0 Å². The molecule has 17 heavy (non-hydrogen) atoms. The van der Waals surface area contributed by atoms with E-state index in [0.29, 0.717) is 13.0 Å². The van der Waals surface area contributed by atoms with Crippen molar-refractivity contribution < 1.29 is 22.4 Å². The SMILES string of the molecule is CC(N)(c1nc(C2CCCO2)no1)C(F)(F)F. The average Bonchev–Trinajstić information content (AvgIpc) is 2.87. The molecular weight excluding hydrogens is 239 g/mol. The molecule has 2 rings (SSSR count). The molecule has 5 nitrogen and oxygen atoms in total. The summed E-state index contributed by atoms with van der Waals surface area (Å²) in [5.74, 6) is -0.520. The van der Waals surface area contributed by atoms with Crippen molar-refractivity contribution in [1.29, 1.82) is 0 Å². The summed E-state index contributed by atoms with van der Waals surface area (Å²) in [5, 5.41) is 3.49. The van der Waals surface area contributed by atoms with Crippen molar-refractivity contribution in [2.75, 3.05) is 6.61 Å². The summed E-state index contributed by atoms with van der Waals surface area (Å²) in [5.41, 5.74) is 2.52. The van der Waals surface area contributed by atoms with E-state index in [1.807, 2.05) is 0 Å². The molecule has 0 aliphatic carbocycles. The quantitative estimate of drug-likeness (QED) is 0.865. The maximum absolute atomic E-state index is 12.6. The molecule has 2 atom stereocenters. The topological polar surface area (TPSA) is 74.2 Å². The molecule has 1 fully saturated rings. The second-order valence-corrected chi connectivity index (χ2v) is 4.16. The van der Waals surface area contributed by atoms with Crippen molar-refractivity contribution in [3.05, 3.63) is 11.7 Å². The molecule has 0 aromatic carbocycles. The lowest BCUT2D eigenvalue weighted by Gasteiger charge is -2.22. The highest BCUT2D eigenvalue weighted by Gasteiger charge is 2.53. The average molecular weight is 251 g/mol. The van der Waals surface area contributed by atoms with E-state index < -0.39 is 23.7 Å². The van der Waals surface area contributed by atoms with Gasteiger partial charge in [0.1, 0.15) is 6.10 Å². The summed E-state index contributed by atoms with van der Waals surface area (Å²) in [6.45, 7) is 1.34. The van der Waals surface area contributed by atoms with Crippen LogP contribution in [-0.2, 0) is 10.3 Å². The van der Waals surface area contributed by atoms with Gasteiger partial charge in [-0.2, -0.15) is 18.2 Å². The van der Waals surface area contributed by atoms with Crippen LogP contribution in [0.5, 0.6) is 0 Å². The summed E-state index contributed by atoms with van der Waals surface area (Å²) >= 11 is 0. The molecule has 1 aliphatic heterocycles. The van der Waals surface area contributed by atoms with Gasteiger partial charge in [0, 0.05) is 6.61 Å². The standard InChI is InChI=1S/C9H12F3N3O2/c1-8(13,9(10,11)12)7-14-6(15-17-7)5-3-2-4-16-5/h5H,2-4,13H2,1H3. The zero-order valence-corrected chi connectivity index (χ0v) is 9.12. The van der Waals surface area contributed by atoms with Gasteiger partial charge in [-0.05, 0) is 19.8 Å². The van der Waals surface area contributed by atoms with Crippen LogP contribution in [0.2, 0.25) is 0 Å². The third-order valence-electron chi connectivity index (χ3n) is 2.69. The van der Waals surface area contributed by atoms with Crippen molar-refractivity contribution >= 4 is 0 Å². The Morgan fingerprint density at radius 1 is 1.41 bits per heavy atom. The van der Waals surface area contributed by atoms with Crippen LogP contribution < -0.4 is 5.73 Å². The molecule has 2 N–H and O–H groups in total. The molecule has 0 saturated carbocycles. The molecule has 0 amide bonds. The molecule has 0 spiro atoms. The number of halogens is 3. The molecule has 1 aliphatic rings. The van der Waals surface area contributed by atoms with Crippen LogP contribution >= 0.6 is 0 Å². The highest BCUT2D eigenvalue weighted by molar-refractivity contribution is 5.05. The van der Waals surface area contributed by atoms with Gasteiger partial charge in [-0.15, -0.1) is 0 Å². The van der Waals surface area contributed by atoms with Crippen LogP contribution in [0.3, 0.4) is 0 Å². The Labute approximate surface area is 95.1 Å². The predicted octanol–water partition coefficient (Wildman–Crippen LogP) is 1.66. The van der Waals surface area contributed by atoms with Crippen LogP contribution in [0.15, 0.2) is 4.52 Å². The maximum Gasteiger partial charge on any atom is 0.415 e. The van der Waals surface area contributed by atoms with Crippen molar-refractivity contribution in [2.45, 2.75) is 37.6 Å². The molecule has 2 unspecified atom stereocenters. The maximum atomic E-state index is 12.6. The van der Waals surface area contributed by atoms with E-state index in [4.69, 9.17) is 10.5 Å². The Morgan fingerprint density at radius 2 is 2.12 bits per heavy atom. The van der Waals surface area contributed by atoms with E-state index in [2.05, 4.69) is 14.7 Å². The van der Waals surface area contributed by atoms with E-state index in [-0.39, 0.29) is 5.82 Å². The molecule has 1 saturated heterocycles. The molecule has 0 radical (unpaired) electrons. The molecule has 1 aromatic rings. The molecule has 0 bridgehead atoms. The number of rotatable bonds is 2. The Hall–Kier alpha value is -1.15. The van der Waals surface area contributed by atoms with Gasteiger partial charge in [0.05, 0.1) is 0 Å². The van der Waals surface area contributed by atoms with Crippen LogP contribution in [-0.4, -0.2) is 22.9 Å². The van der Waals surface area contributed by atoms with Gasteiger partial charge in [-0.1, -0.05) is 5.16 Å². The Balaban J connectivity index is 2.23. The van der Waals surface area contributed by atoms with Gasteiger partial charge < -0.3 is 15.0 Å². The lowest BCUT2D eigenvalue weighted by molar-refractivity contribution is -0.190. The van der Waals surface area contributed by atoms with Crippen molar-refractivity contribution in [3.63, 3.8) is 0 Å². The number of nitrogens with two attached hydrogens (primary N) is 1. The van der Waals surface area contributed by atoms with Gasteiger partial charge in [-0.25, -0.2) is 0 Å². The summed E-state index contributed by atoms with van der Waals surface area (Å²) < 4.78 is 47.7. The number of alkyl halides is 3. The third-order valence-corrected chi connectivity index (χ3v) is 2.69. The van der Waals surface area contributed by atoms with Crippen molar-refractivity contribution in [3.8, 4) is 0 Å². The van der Waals surface area contributed by atoms with Gasteiger partial charge >= 0.3 is 6.18 Å². The highest BCUT2D eigenvalue weighted by atomic mass is 19.4. The van der Waals surface area contributed by atoms with Gasteiger partial charge in [-0.3, -0.25) is 0 Å². The first-order valence-corrected chi connectivity index (χ1v) is 5.13. The molecule has 1 aromatic heterocycles. The normalized spacial score (nSPS) is 24.9.